The molecule has 0 aliphatic carbocycles. The Kier molecular flexibility index (Phi) is 1.90. The van der Waals surface area contributed by atoms with Gasteiger partial charge in [-0.1, -0.05) is 30.3 Å². The predicted molar refractivity (Wildman–Crippen MR) is 61.4 cm³/mol. The Morgan fingerprint density at radius 2 is 1.56 bits per heavy atom. The largest absolute Gasteiger partial charge is 0.207 e. The standard InChI is InChI=1S/C14H8F2/c15-11-6-7-12-10(8-11)5-4-9-2-1-3-13(16)14(9)12/h1-8H. The minimum atomic E-state index is -0.303. The Balaban J connectivity index is 2.58. The van der Waals surface area contributed by atoms with Crippen LogP contribution in [0.3, 0.4) is 0 Å². The van der Waals surface area contributed by atoms with E-state index in [0.717, 1.165) is 16.2 Å². The Labute approximate surface area is 91.1 Å². The molecule has 0 saturated carbocycles. The van der Waals surface area contributed by atoms with Crippen molar-refractivity contribution in [1.82, 2.24) is 0 Å². The number of halogens is 2. The van der Waals surface area contributed by atoms with E-state index in [0.29, 0.717) is 5.39 Å². The van der Waals surface area contributed by atoms with Crippen molar-refractivity contribution < 1.29 is 8.78 Å². The van der Waals surface area contributed by atoms with Crippen LogP contribution in [-0.4, -0.2) is 0 Å². The average molecular weight is 214 g/mol. The SMILES string of the molecule is Fc1ccc2c(ccc3cccc(F)c32)c1. The second-order valence-corrected chi connectivity index (χ2v) is 3.77. The Morgan fingerprint density at radius 1 is 0.750 bits per heavy atom. The summed E-state index contributed by atoms with van der Waals surface area (Å²) in [5.41, 5.74) is 0. The normalized spacial score (nSPS) is 11.1. The highest BCUT2D eigenvalue weighted by atomic mass is 19.1. The lowest BCUT2D eigenvalue weighted by atomic mass is 10.0. The minimum absolute atomic E-state index is 0.269. The van der Waals surface area contributed by atoms with Crippen LogP contribution in [0.2, 0.25) is 0 Å². The van der Waals surface area contributed by atoms with E-state index in [1.165, 1.54) is 18.2 Å². The topological polar surface area (TPSA) is 0 Å². The predicted octanol–water partition coefficient (Wildman–Crippen LogP) is 4.27. The number of hydrogen-bond acceptors (Lipinski definition) is 0. The van der Waals surface area contributed by atoms with Gasteiger partial charge in [0.05, 0.1) is 0 Å². The molecule has 78 valence electrons. The van der Waals surface area contributed by atoms with Gasteiger partial charge in [0.2, 0.25) is 0 Å². The second kappa shape index (κ2) is 3.27. The molecular formula is C14H8F2. The molecule has 0 unspecified atom stereocenters. The van der Waals surface area contributed by atoms with E-state index in [-0.39, 0.29) is 11.6 Å². The summed E-state index contributed by atoms with van der Waals surface area (Å²) >= 11 is 0. The van der Waals surface area contributed by atoms with Gasteiger partial charge in [0.25, 0.3) is 0 Å². The lowest BCUT2D eigenvalue weighted by Gasteiger charge is -2.04. The summed E-state index contributed by atoms with van der Waals surface area (Å²) in [5.74, 6) is -0.571. The van der Waals surface area contributed by atoms with E-state index in [4.69, 9.17) is 0 Å². The number of hydrogen-bond donors (Lipinski definition) is 0. The number of benzene rings is 3. The lowest BCUT2D eigenvalue weighted by Crippen LogP contribution is -1.83. The van der Waals surface area contributed by atoms with Gasteiger partial charge in [-0.05, 0) is 34.4 Å². The molecular weight excluding hydrogens is 206 g/mol. The van der Waals surface area contributed by atoms with E-state index < -0.39 is 0 Å². The summed E-state index contributed by atoms with van der Waals surface area (Å²) < 4.78 is 26.8. The summed E-state index contributed by atoms with van der Waals surface area (Å²) in [7, 11) is 0. The van der Waals surface area contributed by atoms with Gasteiger partial charge in [-0.15, -0.1) is 0 Å². The van der Waals surface area contributed by atoms with Gasteiger partial charge >= 0.3 is 0 Å². The van der Waals surface area contributed by atoms with Gasteiger partial charge < -0.3 is 0 Å². The Morgan fingerprint density at radius 3 is 2.44 bits per heavy atom. The van der Waals surface area contributed by atoms with E-state index in [1.54, 1.807) is 24.3 Å². The molecule has 2 heteroatoms. The number of rotatable bonds is 0. The summed E-state index contributed by atoms with van der Waals surface area (Å²) in [6.07, 6.45) is 0. The molecule has 0 nitrogen and oxygen atoms in total. The average Bonchev–Trinajstić information content (AvgIpc) is 2.29. The van der Waals surface area contributed by atoms with Crippen LogP contribution in [0.1, 0.15) is 0 Å². The van der Waals surface area contributed by atoms with Crippen LogP contribution >= 0.6 is 0 Å². The van der Waals surface area contributed by atoms with Crippen LogP contribution in [0.5, 0.6) is 0 Å². The zero-order chi connectivity index (χ0) is 11.1. The van der Waals surface area contributed by atoms with Crippen molar-refractivity contribution in [3.8, 4) is 0 Å². The molecule has 0 saturated heterocycles. The highest BCUT2D eigenvalue weighted by Crippen LogP contribution is 2.27. The summed E-state index contributed by atoms with van der Waals surface area (Å²) in [4.78, 5) is 0. The maximum Gasteiger partial charge on any atom is 0.131 e. The maximum absolute atomic E-state index is 13.7. The van der Waals surface area contributed by atoms with Crippen molar-refractivity contribution in [1.29, 1.82) is 0 Å². The van der Waals surface area contributed by atoms with Crippen LogP contribution in [0.25, 0.3) is 21.5 Å². The fourth-order valence-corrected chi connectivity index (χ4v) is 2.04. The molecule has 0 fully saturated rings. The van der Waals surface area contributed by atoms with Gasteiger partial charge in [0, 0.05) is 5.39 Å². The number of fused-ring (bicyclic) bond motifs is 3. The molecule has 0 radical (unpaired) electrons. The fraction of sp³-hybridized carbons (Fsp3) is 0. The molecule has 0 heterocycles. The van der Waals surface area contributed by atoms with Gasteiger partial charge in [-0.3, -0.25) is 0 Å². The van der Waals surface area contributed by atoms with Crippen LogP contribution in [-0.2, 0) is 0 Å². The monoisotopic (exact) mass is 214 g/mol. The molecule has 3 rings (SSSR count). The molecule has 3 aromatic rings. The van der Waals surface area contributed by atoms with Crippen LogP contribution in [0.15, 0.2) is 48.5 Å². The molecule has 0 aliphatic heterocycles. The third kappa shape index (κ3) is 1.27. The molecule has 16 heavy (non-hydrogen) atoms. The lowest BCUT2D eigenvalue weighted by molar-refractivity contribution is 0.629. The first-order valence-electron chi connectivity index (χ1n) is 5.02. The van der Waals surface area contributed by atoms with Crippen molar-refractivity contribution in [2.75, 3.05) is 0 Å². The van der Waals surface area contributed by atoms with Gasteiger partial charge in [-0.25, -0.2) is 8.78 Å². The van der Waals surface area contributed by atoms with Crippen molar-refractivity contribution >= 4 is 21.5 Å². The molecule has 0 bridgehead atoms. The molecule has 3 aromatic carbocycles. The van der Waals surface area contributed by atoms with Crippen molar-refractivity contribution in [3.63, 3.8) is 0 Å². The quantitative estimate of drug-likeness (QED) is 0.490. The van der Waals surface area contributed by atoms with Gasteiger partial charge in [0.1, 0.15) is 11.6 Å². The molecule has 0 amide bonds. The molecule has 0 atom stereocenters. The van der Waals surface area contributed by atoms with Crippen LogP contribution in [0.4, 0.5) is 8.78 Å². The smallest absolute Gasteiger partial charge is 0.131 e. The zero-order valence-corrected chi connectivity index (χ0v) is 8.37. The van der Waals surface area contributed by atoms with Crippen molar-refractivity contribution in [3.05, 3.63) is 60.2 Å². The van der Waals surface area contributed by atoms with Crippen molar-refractivity contribution in [2.24, 2.45) is 0 Å². The van der Waals surface area contributed by atoms with E-state index in [2.05, 4.69) is 0 Å². The third-order valence-electron chi connectivity index (χ3n) is 2.77. The first kappa shape index (κ1) is 9.28. The fourth-order valence-electron chi connectivity index (χ4n) is 2.04. The minimum Gasteiger partial charge on any atom is -0.207 e. The van der Waals surface area contributed by atoms with Crippen LogP contribution in [0, 0.1) is 11.6 Å². The zero-order valence-electron chi connectivity index (χ0n) is 8.37. The van der Waals surface area contributed by atoms with E-state index in [1.807, 2.05) is 6.07 Å². The second-order valence-electron chi connectivity index (χ2n) is 3.77. The van der Waals surface area contributed by atoms with Gasteiger partial charge in [0.15, 0.2) is 0 Å². The summed E-state index contributed by atoms with van der Waals surface area (Å²) in [6.45, 7) is 0. The molecule has 0 spiro atoms. The Bertz CT molecular complexity index is 687. The van der Waals surface area contributed by atoms with Crippen LogP contribution < -0.4 is 0 Å². The van der Waals surface area contributed by atoms with E-state index >= 15 is 0 Å². The highest BCUT2D eigenvalue weighted by Gasteiger charge is 2.05. The van der Waals surface area contributed by atoms with Gasteiger partial charge in [-0.2, -0.15) is 0 Å². The first-order valence-corrected chi connectivity index (χ1v) is 5.02. The summed E-state index contributed by atoms with van der Waals surface area (Å²) in [5, 5.41) is 2.86. The van der Waals surface area contributed by atoms with E-state index in [9.17, 15) is 8.78 Å². The first-order chi connectivity index (χ1) is 7.75. The molecule has 0 aromatic heterocycles. The highest BCUT2D eigenvalue weighted by molar-refractivity contribution is 6.07. The maximum atomic E-state index is 13.7. The van der Waals surface area contributed by atoms with Crippen molar-refractivity contribution in [2.45, 2.75) is 0 Å². The third-order valence-corrected chi connectivity index (χ3v) is 2.77. The molecule has 0 aliphatic rings. The Hall–Kier alpha value is -1.96. The molecule has 0 N–H and O–H groups in total. The summed E-state index contributed by atoms with van der Waals surface area (Å²) in [6, 6.07) is 12.9.